The summed E-state index contributed by atoms with van der Waals surface area (Å²) >= 11 is 1.56. The Morgan fingerprint density at radius 1 is 1.47 bits per heavy atom. The smallest absolute Gasteiger partial charge is 0.374 e. The maximum atomic E-state index is 11.6. The SMILES string of the molecule is CCOC(=O)c1oc(SC)c2c1CCC2. The van der Waals surface area contributed by atoms with Crippen molar-refractivity contribution in [1.82, 2.24) is 0 Å². The standard InChI is InChI=1S/C11H14O3S/c1-3-13-10(12)9-7-5-4-6-8(7)11(14-9)15-2/h3-6H2,1-2H3. The van der Waals surface area contributed by atoms with E-state index in [0.29, 0.717) is 12.4 Å². The largest absolute Gasteiger partial charge is 0.460 e. The maximum Gasteiger partial charge on any atom is 0.374 e. The molecule has 0 fully saturated rings. The number of carbonyl (C=O) groups excluding carboxylic acids is 1. The van der Waals surface area contributed by atoms with Gasteiger partial charge in [-0.2, -0.15) is 0 Å². The molecule has 0 amide bonds. The van der Waals surface area contributed by atoms with Gasteiger partial charge < -0.3 is 9.15 Å². The summed E-state index contributed by atoms with van der Waals surface area (Å²) in [6, 6.07) is 0. The first-order chi connectivity index (χ1) is 7.27. The molecule has 1 aromatic heterocycles. The van der Waals surface area contributed by atoms with Crippen molar-refractivity contribution in [3.05, 3.63) is 16.9 Å². The lowest BCUT2D eigenvalue weighted by atomic mass is 10.2. The van der Waals surface area contributed by atoms with Crippen LogP contribution in [0.4, 0.5) is 0 Å². The molecule has 1 heterocycles. The maximum absolute atomic E-state index is 11.6. The van der Waals surface area contributed by atoms with Crippen LogP contribution in [-0.4, -0.2) is 18.8 Å². The van der Waals surface area contributed by atoms with Crippen molar-refractivity contribution in [3.8, 4) is 0 Å². The molecule has 15 heavy (non-hydrogen) atoms. The molecule has 4 heteroatoms. The Morgan fingerprint density at radius 3 is 2.87 bits per heavy atom. The molecule has 0 saturated carbocycles. The minimum absolute atomic E-state index is 0.323. The van der Waals surface area contributed by atoms with Gasteiger partial charge in [-0.15, -0.1) is 0 Å². The van der Waals surface area contributed by atoms with Crippen LogP contribution in [0.2, 0.25) is 0 Å². The van der Waals surface area contributed by atoms with E-state index in [-0.39, 0.29) is 5.97 Å². The fourth-order valence-electron chi connectivity index (χ4n) is 1.96. The molecule has 0 radical (unpaired) electrons. The van der Waals surface area contributed by atoms with E-state index in [0.717, 1.165) is 29.9 Å². The number of thioether (sulfide) groups is 1. The van der Waals surface area contributed by atoms with Gasteiger partial charge in [0.2, 0.25) is 5.76 Å². The minimum atomic E-state index is -0.323. The second kappa shape index (κ2) is 4.31. The second-order valence-electron chi connectivity index (χ2n) is 3.45. The van der Waals surface area contributed by atoms with Gasteiger partial charge in [0.15, 0.2) is 5.09 Å². The lowest BCUT2D eigenvalue weighted by molar-refractivity contribution is 0.0482. The van der Waals surface area contributed by atoms with Crippen molar-refractivity contribution in [2.45, 2.75) is 31.3 Å². The van der Waals surface area contributed by atoms with Crippen molar-refractivity contribution in [1.29, 1.82) is 0 Å². The molecule has 3 nitrogen and oxygen atoms in total. The predicted octanol–water partition coefficient (Wildman–Crippen LogP) is 2.67. The number of fused-ring (bicyclic) bond motifs is 1. The third-order valence-electron chi connectivity index (χ3n) is 2.58. The summed E-state index contributed by atoms with van der Waals surface area (Å²) in [4.78, 5) is 11.6. The van der Waals surface area contributed by atoms with Gasteiger partial charge in [0.25, 0.3) is 0 Å². The van der Waals surface area contributed by atoms with Crippen molar-refractivity contribution >= 4 is 17.7 Å². The first-order valence-electron chi connectivity index (χ1n) is 5.13. The van der Waals surface area contributed by atoms with E-state index in [1.807, 2.05) is 6.26 Å². The van der Waals surface area contributed by atoms with E-state index in [2.05, 4.69) is 0 Å². The van der Waals surface area contributed by atoms with Crippen LogP contribution in [0.1, 0.15) is 35.0 Å². The highest BCUT2D eigenvalue weighted by Gasteiger charge is 2.28. The molecular weight excluding hydrogens is 212 g/mol. The van der Waals surface area contributed by atoms with Crippen molar-refractivity contribution in [2.75, 3.05) is 12.9 Å². The van der Waals surface area contributed by atoms with Crippen LogP contribution in [0, 0.1) is 0 Å². The molecule has 0 spiro atoms. The molecule has 0 N–H and O–H groups in total. The normalized spacial score (nSPS) is 14.0. The molecule has 1 aromatic rings. The minimum Gasteiger partial charge on any atom is -0.460 e. The molecule has 1 aliphatic rings. The number of hydrogen-bond acceptors (Lipinski definition) is 4. The highest BCUT2D eigenvalue weighted by molar-refractivity contribution is 7.98. The molecule has 82 valence electrons. The fraction of sp³-hybridized carbons (Fsp3) is 0.545. The van der Waals surface area contributed by atoms with E-state index in [9.17, 15) is 4.79 Å². The van der Waals surface area contributed by atoms with Gasteiger partial charge >= 0.3 is 5.97 Å². The lowest BCUT2D eigenvalue weighted by Crippen LogP contribution is -2.05. The summed E-state index contributed by atoms with van der Waals surface area (Å²) in [7, 11) is 0. The Labute approximate surface area is 93.2 Å². The molecule has 0 aliphatic heterocycles. The van der Waals surface area contributed by atoms with Gasteiger partial charge in [-0.3, -0.25) is 0 Å². The average Bonchev–Trinajstić information content (AvgIpc) is 2.77. The number of ether oxygens (including phenoxy) is 1. The predicted molar refractivity (Wildman–Crippen MR) is 58.5 cm³/mol. The Morgan fingerprint density at radius 2 is 2.20 bits per heavy atom. The molecular formula is C11H14O3S. The molecule has 0 atom stereocenters. The Balaban J connectivity index is 2.36. The second-order valence-corrected chi connectivity index (χ2v) is 4.23. The summed E-state index contributed by atoms with van der Waals surface area (Å²) in [5, 5.41) is 0.880. The summed E-state index contributed by atoms with van der Waals surface area (Å²) in [6.45, 7) is 2.19. The van der Waals surface area contributed by atoms with E-state index in [1.165, 1.54) is 5.56 Å². The van der Waals surface area contributed by atoms with Crippen LogP contribution in [0.25, 0.3) is 0 Å². The monoisotopic (exact) mass is 226 g/mol. The molecule has 1 aliphatic carbocycles. The Bertz CT molecular complexity index is 381. The molecule has 2 rings (SSSR count). The summed E-state index contributed by atoms with van der Waals surface area (Å²) in [5.74, 6) is 0.102. The zero-order valence-electron chi connectivity index (χ0n) is 8.96. The van der Waals surface area contributed by atoms with Gasteiger partial charge in [-0.25, -0.2) is 4.79 Å². The molecule has 0 aromatic carbocycles. The van der Waals surface area contributed by atoms with E-state index < -0.39 is 0 Å². The van der Waals surface area contributed by atoms with Crippen molar-refractivity contribution in [3.63, 3.8) is 0 Å². The summed E-state index contributed by atoms with van der Waals surface area (Å²) in [6.07, 6.45) is 5.04. The molecule has 0 saturated heterocycles. The van der Waals surface area contributed by atoms with Crippen LogP contribution in [0.5, 0.6) is 0 Å². The van der Waals surface area contributed by atoms with E-state index >= 15 is 0 Å². The number of esters is 1. The fourth-order valence-corrected chi connectivity index (χ4v) is 2.60. The first-order valence-corrected chi connectivity index (χ1v) is 6.36. The van der Waals surface area contributed by atoms with Crippen LogP contribution in [-0.2, 0) is 17.6 Å². The lowest BCUT2D eigenvalue weighted by Gasteiger charge is -1.99. The van der Waals surface area contributed by atoms with Gasteiger partial charge in [0.05, 0.1) is 6.61 Å². The quantitative estimate of drug-likeness (QED) is 0.586. The van der Waals surface area contributed by atoms with Gasteiger partial charge in [-0.05, 0) is 32.4 Å². The third kappa shape index (κ3) is 1.78. The van der Waals surface area contributed by atoms with Crippen LogP contribution < -0.4 is 0 Å². The zero-order valence-corrected chi connectivity index (χ0v) is 9.78. The first kappa shape index (κ1) is 10.6. The molecule has 0 unspecified atom stereocenters. The van der Waals surface area contributed by atoms with Crippen LogP contribution in [0.3, 0.4) is 0 Å². The van der Waals surface area contributed by atoms with Gasteiger partial charge in [-0.1, -0.05) is 11.8 Å². The number of hydrogen-bond donors (Lipinski definition) is 0. The number of rotatable bonds is 3. The highest BCUT2D eigenvalue weighted by Crippen LogP contribution is 2.36. The number of furan rings is 1. The Hall–Kier alpha value is -0.900. The van der Waals surface area contributed by atoms with E-state index in [4.69, 9.17) is 9.15 Å². The number of carbonyl (C=O) groups is 1. The zero-order chi connectivity index (χ0) is 10.8. The van der Waals surface area contributed by atoms with Crippen LogP contribution in [0.15, 0.2) is 9.51 Å². The van der Waals surface area contributed by atoms with E-state index in [1.54, 1.807) is 18.7 Å². The van der Waals surface area contributed by atoms with Crippen LogP contribution >= 0.6 is 11.8 Å². The Kier molecular flexibility index (Phi) is 3.05. The average molecular weight is 226 g/mol. The molecule has 0 bridgehead atoms. The highest BCUT2D eigenvalue weighted by atomic mass is 32.2. The van der Waals surface area contributed by atoms with Gasteiger partial charge in [0, 0.05) is 11.1 Å². The van der Waals surface area contributed by atoms with Crippen molar-refractivity contribution in [2.24, 2.45) is 0 Å². The topological polar surface area (TPSA) is 39.4 Å². The summed E-state index contributed by atoms with van der Waals surface area (Å²) < 4.78 is 10.5. The third-order valence-corrected chi connectivity index (χ3v) is 3.28. The van der Waals surface area contributed by atoms with Crippen molar-refractivity contribution < 1.29 is 13.9 Å². The summed E-state index contributed by atoms with van der Waals surface area (Å²) in [5.41, 5.74) is 2.28. The van der Waals surface area contributed by atoms with Gasteiger partial charge in [0.1, 0.15) is 0 Å².